The molecule has 0 bridgehead atoms. The summed E-state index contributed by atoms with van der Waals surface area (Å²) in [6, 6.07) is 3.45. The number of benzene rings is 1. The molecule has 0 fully saturated rings. The second-order valence-corrected chi connectivity index (χ2v) is 5.65. The van der Waals surface area contributed by atoms with Gasteiger partial charge in [-0.1, -0.05) is 11.6 Å². The highest BCUT2D eigenvalue weighted by atomic mass is 79.9. The van der Waals surface area contributed by atoms with E-state index in [9.17, 15) is 4.39 Å². The number of nitrogens with one attached hydrogen (secondary N) is 1. The average molecular weight is 401 g/mol. The van der Waals surface area contributed by atoms with Gasteiger partial charge in [-0.3, -0.25) is 0 Å². The molecular formula is C14H12BrClFN5O. The molecule has 0 aliphatic rings. The van der Waals surface area contributed by atoms with Crippen LogP contribution in [0.2, 0.25) is 5.02 Å². The van der Waals surface area contributed by atoms with Gasteiger partial charge in [-0.05, 0) is 34.0 Å². The van der Waals surface area contributed by atoms with Crippen LogP contribution in [0.15, 0.2) is 16.9 Å². The van der Waals surface area contributed by atoms with Crippen molar-refractivity contribution in [2.24, 2.45) is 0 Å². The molecule has 0 saturated carbocycles. The zero-order valence-corrected chi connectivity index (χ0v) is 14.4. The van der Waals surface area contributed by atoms with E-state index in [1.807, 2.05) is 6.07 Å². The minimum absolute atomic E-state index is 0.00308. The number of nitrogens with two attached hydrogens (primary N) is 1. The van der Waals surface area contributed by atoms with Gasteiger partial charge in [0.15, 0.2) is 5.82 Å². The van der Waals surface area contributed by atoms with Crippen molar-refractivity contribution in [3.63, 3.8) is 0 Å². The second kappa shape index (κ2) is 7.44. The van der Waals surface area contributed by atoms with Crippen molar-refractivity contribution in [2.45, 2.75) is 6.42 Å². The van der Waals surface area contributed by atoms with Gasteiger partial charge in [0.1, 0.15) is 35.3 Å². The first kappa shape index (κ1) is 17.2. The molecule has 6 nitrogen and oxygen atoms in total. The first-order valence-corrected chi connectivity index (χ1v) is 7.61. The monoisotopic (exact) mass is 399 g/mol. The molecule has 1 aromatic heterocycles. The summed E-state index contributed by atoms with van der Waals surface area (Å²) in [5, 5.41) is 12.1. The molecule has 0 amide bonds. The standard InChI is InChI=1S/C14H12BrClFN5O/c1-23-12-7(4-9(16)11(17)10(12)15)2-3-20-14-8(5-18)13(19)21-6-22-14/h4,6H,2-3H2,1H3,(H3,19,20,21,22). The minimum Gasteiger partial charge on any atom is -0.495 e. The summed E-state index contributed by atoms with van der Waals surface area (Å²) in [4.78, 5) is 7.74. The van der Waals surface area contributed by atoms with Crippen LogP contribution < -0.4 is 15.8 Å². The third-order valence-corrected chi connectivity index (χ3v) is 4.06. The van der Waals surface area contributed by atoms with E-state index in [1.54, 1.807) is 0 Å². The first-order valence-electron chi connectivity index (χ1n) is 6.44. The number of anilines is 2. The zero-order valence-electron chi connectivity index (χ0n) is 12.0. The molecule has 0 saturated heterocycles. The number of aromatic nitrogens is 2. The minimum atomic E-state index is -0.574. The normalized spacial score (nSPS) is 10.2. The van der Waals surface area contributed by atoms with E-state index in [0.717, 1.165) is 0 Å². The van der Waals surface area contributed by atoms with Crippen LogP contribution in [0.4, 0.5) is 16.0 Å². The zero-order chi connectivity index (χ0) is 17.0. The maximum absolute atomic E-state index is 13.7. The quantitative estimate of drug-likeness (QED) is 0.748. The number of hydrogen-bond acceptors (Lipinski definition) is 6. The molecule has 2 rings (SSSR count). The van der Waals surface area contributed by atoms with Gasteiger partial charge in [0.05, 0.1) is 16.6 Å². The molecule has 0 spiro atoms. The highest BCUT2D eigenvalue weighted by molar-refractivity contribution is 9.10. The molecule has 0 aliphatic heterocycles. The summed E-state index contributed by atoms with van der Waals surface area (Å²) in [5.41, 5.74) is 6.50. The molecule has 23 heavy (non-hydrogen) atoms. The molecule has 2 aromatic rings. The summed E-state index contributed by atoms with van der Waals surface area (Å²) in [7, 11) is 1.45. The fourth-order valence-corrected chi connectivity index (χ4v) is 2.96. The second-order valence-electron chi connectivity index (χ2n) is 4.45. The number of halogens is 3. The van der Waals surface area contributed by atoms with Crippen molar-refractivity contribution in [1.29, 1.82) is 5.26 Å². The summed E-state index contributed by atoms with van der Waals surface area (Å²) < 4.78 is 19.1. The van der Waals surface area contributed by atoms with E-state index in [2.05, 4.69) is 31.2 Å². The third kappa shape index (κ3) is 3.63. The fraction of sp³-hybridized carbons (Fsp3) is 0.214. The van der Waals surface area contributed by atoms with Gasteiger partial charge in [-0.25, -0.2) is 14.4 Å². The van der Waals surface area contributed by atoms with Gasteiger partial charge in [-0.2, -0.15) is 5.26 Å². The Bertz CT molecular complexity index is 781. The Morgan fingerprint density at radius 3 is 2.91 bits per heavy atom. The predicted octanol–water partition coefficient (Wildman–Crippen LogP) is 3.15. The Hall–Kier alpha value is -2.11. The van der Waals surface area contributed by atoms with Gasteiger partial charge in [0.25, 0.3) is 0 Å². The van der Waals surface area contributed by atoms with Crippen LogP contribution >= 0.6 is 27.5 Å². The van der Waals surface area contributed by atoms with Crippen molar-refractivity contribution >= 4 is 39.2 Å². The molecule has 0 atom stereocenters. The first-order chi connectivity index (χ1) is 11.0. The van der Waals surface area contributed by atoms with Gasteiger partial charge in [0, 0.05) is 6.54 Å². The van der Waals surface area contributed by atoms with Crippen molar-refractivity contribution in [1.82, 2.24) is 9.97 Å². The van der Waals surface area contributed by atoms with E-state index >= 15 is 0 Å². The van der Waals surface area contributed by atoms with Crippen LogP contribution in [0.3, 0.4) is 0 Å². The van der Waals surface area contributed by atoms with Crippen molar-refractivity contribution in [2.75, 3.05) is 24.7 Å². The van der Waals surface area contributed by atoms with Crippen molar-refractivity contribution in [3.8, 4) is 11.8 Å². The number of rotatable bonds is 5. The van der Waals surface area contributed by atoms with E-state index in [-0.39, 0.29) is 20.9 Å². The van der Waals surface area contributed by atoms with E-state index < -0.39 is 5.82 Å². The van der Waals surface area contributed by atoms with Crippen LogP contribution in [0.25, 0.3) is 0 Å². The fourth-order valence-electron chi connectivity index (χ4n) is 1.99. The molecule has 0 unspecified atom stereocenters. The number of methoxy groups -OCH3 is 1. The van der Waals surface area contributed by atoms with Crippen LogP contribution in [0.5, 0.6) is 5.75 Å². The number of nitrogen functional groups attached to an aromatic ring is 1. The predicted molar refractivity (Wildman–Crippen MR) is 89.0 cm³/mol. The largest absolute Gasteiger partial charge is 0.495 e. The lowest BCUT2D eigenvalue weighted by atomic mass is 10.1. The molecule has 1 aromatic carbocycles. The van der Waals surface area contributed by atoms with Crippen LogP contribution in [-0.2, 0) is 6.42 Å². The topological polar surface area (TPSA) is 96.8 Å². The number of nitriles is 1. The lowest BCUT2D eigenvalue weighted by Gasteiger charge is -2.13. The average Bonchev–Trinajstić information content (AvgIpc) is 2.53. The lowest BCUT2D eigenvalue weighted by Crippen LogP contribution is -2.10. The number of ether oxygens (including phenoxy) is 1. The number of nitrogens with zero attached hydrogens (tertiary/aromatic N) is 3. The molecule has 0 radical (unpaired) electrons. The van der Waals surface area contributed by atoms with Gasteiger partial charge < -0.3 is 15.8 Å². The van der Waals surface area contributed by atoms with Crippen LogP contribution in [0, 0.1) is 17.1 Å². The molecule has 9 heteroatoms. The molecule has 120 valence electrons. The van der Waals surface area contributed by atoms with Crippen LogP contribution in [0.1, 0.15) is 11.1 Å². The van der Waals surface area contributed by atoms with Gasteiger partial charge >= 0.3 is 0 Å². The molecular weight excluding hydrogens is 389 g/mol. The van der Waals surface area contributed by atoms with Crippen molar-refractivity contribution in [3.05, 3.63) is 38.8 Å². The molecule has 1 heterocycles. The summed E-state index contributed by atoms with van der Waals surface area (Å²) in [5.74, 6) is 0.244. The Labute approximate surface area is 145 Å². The Morgan fingerprint density at radius 2 is 2.26 bits per heavy atom. The third-order valence-electron chi connectivity index (χ3n) is 3.07. The Morgan fingerprint density at radius 1 is 1.52 bits per heavy atom. The highest BCUT2D eigenvalue weighted by Crippen LogP contribution is 2.36. The summed E-state index contributed by atoms with van der Waals surface area (Å²) >= 11 is 8.98. The summed E-state index contributed by atoms with van der Waals surface area (Å²) in [6.45, 7) is 0.413. The van der Waals surface area contributed by atoms with Crippen molar-refractivity contribution < 1.29 is 9.13 Å². The van der Waals surface area contributed by atoms with E-state index in [1.165, 1.54) is 19.5 Å². The Kier molecular flexibility index (Phi) is 5.58. The summed E-state index contributed by atoms with van der Waals surface area (Å²) in [6.07, 6.45) is 1.74. The smallest absolute Gasteiger partial charge is 0.159 e. The maximum Gasteiger partial charge on any atom is 0.159 e. The molecule has 0 aliphatic carbocycles. The van der Waals surface area contributed by atoms with Gasteiger partial charge in [0.2, 0.25) is 0 Å². The molecule has 3 N–H and O–H groups in total. The highest BCUT2D eigenvalue weighted by Gasteiger charge is 2.16. The Balaban J connectivity index is 2.17. The number of hydrogen-bond donors (Lipinski definition) is 2. The van der Waals surface area contributed by atoms with E-state index in [0.29, 0.717) is 30.1 Å². The lowest BCUT2D eigenvalue weighted by molar-refractivity contribution is 0.403. The SMILES string of the molecule is COc1c(CCNc2ncnc(N)c2C#N)cc(Cl)c(F)c1Br. The van der Waals surface area contributed by atoms with E-state index in [4.69, 9.17) is 27.3 Å². The van der Waals surface area contributed by atoms with Crippen LogP contribution in [-0.4, -0.2) is 23.6 Å². The van der Waals surface area contributed by atoms with Gasteiger partial charge in [-0.15, -0.1) is 0 Å². The maximum atomic E-state index is 13.7.